The molecule has 0 radical (unpaired) electrons. The molecule has 19 heavy (non-hydrogen) atoms. The smallest absolute Gasteiger partial charge is 0.322 e. The summed E-state index contributed by atoms with van der Waals surface area (Å²) in [5.41, 5.74) is 0. The maximum atomic E-state index is 11.3. The first kappa shape index (κ1) is 21.3. The van der Waals surface area contributed by atoms with Gasteiger partial charge in [-0.05, 0) is 52.4 Å². The van der Waals surface area contributed by atoms with Crippen LogP contribution in [-0.2, 0) is 9.53 Å². The summed E-state index contributed by atoms with van der Waals surface area (Å²) in [6, 6.07) is -0.138. The molecular weight excluding hydrogens is 287 g/mol. The van der Waals surface area contributed by atoms with Gasteiger partial charge in [-0.15, -0.1) is 24.8 Å². The van der Waals surface area contributed by atoms with Crippen molar-refractivity contribution in [1.29, 1.82) is 0 Å². The topological polar surface area (TPSA) is 41.6 Å². The lowest BCUT2D eigenvalue weighted by Crippen LogP contribution is -2.35. The molecule has 0 aromatic carbocycles. The first-order chi connectivity index (χ1) is 8.27. The third-order valence-electron chi connectivity index (χ3n) is 3.50. The van der Waals surface area contributed by atoms with E-state index in [9.17, 15) is 4.79 Å². The van der Waals surface area contributed by atoms with Crippen LogP contribution in [-0.4, -0.2) is 50.7 Å². The molecule has 1 aliphatic heterocycles. The average Bonchev–Trinajstić information content (AvgIpc) is 2.39. The fourth-order valence-corrected chi connectivity index (χ4v) is 2.39. The van der Waals surface area contributed by atoms with Crippen molar-refractivity contribution in [2.24, 2.45) is 0 Å². The lowest BCUT2D eigenvalue weighted by molar-refractivity contribution is -0.143. The molecule has 1 rings (SSSR count). The number of ether oxygens (including phenoxy) is 1. The highest BCUT2D eigenvalue weighted by molar-refractivity contribution is 5.85. The highest BCUT2D eigenvalue weighted by atomic mass is 35.5. The number of nitrogens with zero attached hydrogens (tertiary/aromatic N) is 1. The minimum atomic E-state index is -0.148. The van der Waals surface area contributed by atoms with Crippen molar-refractivity contribution >= 4 is 30.8 Å². The Labute approximate surface area is 129 Å². The monoisotopic (exact) mass is 314 g/mol. The predicted octanol–water partition coefficient (Wildman–Crippen LogP) is 2.25. The van der Waals surface area contributed by atoms with Gasteiger partial charge in [0.25, 0.3) is 0 Å². The zero-order valence-electron chi connectivity index (χ0n) is 12.0. The predicted molar refractivity (Wildman–Crippen MR) is 83.5 cm³/mol. The number of rotatable bonds is 7. The largest absolute Gasteiger partial charge is 0.468 e. The van der Waals surface area contributed by atoms with Gasteiger partial charge in [0.15, 0.2) is 0 Å². The summed E-state index contributed by atoms with van der Waals surface area (Å²) in [7, 11) is 3.26. The third kappa shape index (κ3) is 8.69. The van der Waals surface area contributed by atoms with E-state index in [1.54, 1.807) is 0 Å². The fraction of sp³-hybridized carbons (Fsp3) is 0.923. The number of nitrogens with one attached hydrogen (secondary N) is 1. The van der Waals surface area contributed by atoms with Crippen molar-refractivity contribution in [3.63, 3.8) is 0 Å². The van der Waals surface area contributed by atoms with E-state index in [1.807, 2.05) is 7.05 Å². The van der Waals surface area contributed by atoms with Gasteiger partial charge in [0.2, 0.25) is 0 Å². The Balaban J connectivity index is 0. The molecular formula is C13H28Cl2N2O2. The quantitative estimate of drug-likeness (QED) is 0.578. The van der Waals surface area contributed by atoms with Crippen LogP contribution in [0.25, 0.3) is 0 Å². The standard InChI is InChI=1S/C13H26N2O2.2ClH/c1-14-12(13(16)17-2)8-4-7-11-15-9-5-3-6-10-15;;/h12,14H,3-11H2,1-2H3;2*1H/t12-;;/m1../s1. The maximum absolute atomic E-state index is 11.3. The van der Waals surface area contributed by atoms with Gasteiger partial charge < -0.3 is 15.0 Å². The second-order valence-electron chi connectivity index (χ2n) is 4.76. The molecule has 1 atom stereocenters. The fourth-order valence-electron chi connectivity index (χ4n) is 2.39. The molecule has 1 aliphatic rings. The number of esters is 1. The highest BCUT2D eigenvalue weighted by Gasteiger charge is 2.16. The van der Waals surface area contributed by atoms with Crippen molar-refractivity contribution < 1.29 is 9.53 Å². The van der Waals surface area contributed by atoms with Crippen LogP contribution in [0, 0.1) is 0 Å². The van der Waals surface area contributed by atoms with Crippen LogP contribution in [0.1, 0.15) is 38.5 Å². The van der Waals surface area contributed by atoms with Gasteiger partial charge in [0.1, 0.15) is 6.04 Å². The summed E-state index contributed by atoms with van der Waals surface area (Å²) in [4.78, 5) is 13.9. The highest BCUT2D eigenvalue weighted by Crippen LogP contribution is 2.10. The molecule has 116 valence electrons. The maximum Gasteiger partial charge on any atom is 0.322 e. The van der Waals surface area contributed by atoms with Crippen LogP contribution in [0.5, 0.6) is 0 Å². The van der Waals surface area contributed by atoms with Gasteiger partial charge in [-0.25, -0.2) is 0 Å². The zero-order valence-corrected chi connectivity index (χ0v) is 13.7. The van der Waals surface area contributed by atoms with E-state index in [4.69, 9.17) is 4.74 Å². The van der Waals surface area contributed by atoms with E-state index in [1.165, 1.54) is 52.4 Å². The number of likely N-dealkylation sites (tertiary alicyclic amines) is 1. The Morgan fingerprint density at radius 3 is 2.37 bits per heavy atom. The number of likely N-dealkylation sites (N-methyl/N-ethyl adjacent to an activating group) is 1. The molecule has 0 aromatic heterocycles. The number of halogens is 2. The van der Waals surface area contributed by atoms with E-state index in [0.717, 1.165) is 12.8 Å². The normalized spacial score (nSPS) is 16.9. The van der Waals surface area contributed by atoms with Gasteiger partial charge in [-0.1, -0.05) is 12.8 Å². The van der Waals surface area contributed by atoms with Crippen LogP contribution >= 0.6 is 24.8 Å². The first-order valence-electron chi connectivity index (χ1n) is 6.75. The molecule has 0 saturated carbocycles. The SMILES string of the molecule is CN[C@H](CCCCN1CCCCC1)C(=O)OC.Cl.Cl. The molecule has 4 nitrogen and oxygen atoms in total. The third-order valence-corrected chi connectivity index (χ3v) is 3.50. The molecule has 1 saturated heterocycles. The van der Waals surface area contributed by atoms with E-state index in [-0.39, 0.29) is 36.8 Å². The number of hydrogen-bond donors (Lipinski definition) is 1. The first-order valence-corrected chi connectivity index (χ1v) is 6.75. The number of hydrogen-bond acceptors (Lipinski definition) is 4. The summed E-state index contributed by atoms with van der Waals surface area (Å²) in [6.45, 7) is 3.69. The van der Waals surface area contributed by atoms with E-state index < -0.39 is 0 Å². The molecule has 0 bridgehead atoms. The van der Waals surface area contributed by atoms with Gasteiger partial charge >= 0.3 is 5.97 Å². The number of carbonyl (C=O) groups excluding carboxylic acids is 1. The molecule has 1 fully saturated rings. The number of piperidine rings is 1. The van der Waals surface area contributed by atoms with Gasteiger partial charge in [0, 0.05) is 0 Å². The Bertz CT molecular complexity index is 225. The Morgan fingerprint density at radius 1 is 1.21 bits per heavy atom. The van der Waals surface area contributed by atoms with Gasteiger partial charge in [-0.3, -0.25) is 4.79 Å². The van der Waals surface area contributed by atoms with Crippen molar-refractivity contribution in [2.45, 2.75) is 44.6 Å². The Morgan fingerprint density at radius 2 is 1.84 bits per heavy atom. The van der Waals surface area contributed by atoms with Crippen LogP contribution in [0.15, 0.2) is 0 Å². The molecule has 0 aliphatic carbocycles. The van der Waals surface area contributed by atoms with Crippen LogP contribution in [0.3, 0.4) is 0 Å². The summed E-state index contributed by atoms with van der Waals surface area (Å²) >= 11 is 0. The van der Waals surface area contributed by atoms with Gasteiger partial charge in [0.05, 0.1) is 7.11 Å². The molecule has 0 unspecified atom stereocenters. The van der Waals surface area contributed by atoms with Crippen molar-refractivity contribution in [2.75, 3.05) is 33.8 Å². The average molecular weight is 315 g/mol. The number of carbonyl (C=O) groups is 1. The minimum absolute atomic E-state index is 0. The van der Waals surface area contributed by atoms with Crippen molar-refractivity contribution in [1.82, 2.24) is 10.2 Å². The lowest BCUT2D eigenvalue weighted by Gasteiger charge is -2.26. The molecule has 0 aromatic rings. The molecule has 6 heteroatoms. The van der Waals surface area contributed by atoms with Crippen LogP contribution in [0.2, 0.25) is 0 Å². The summed E-state index contributed by atoms with van der Waals surface area (Å²) < 4.78 is 4.74. The van der Waals surface area contributed by atoms with Crippen LogP contribution in [0.4, 0.5) is 0 Å². The molecule has 0 amide bonds. The number of unbranched alkanes of at least 4 members (excludes halogenated alkanes) is 1. The lowest BCUT2D eigenvalue weighted by atomic mass is 10.1. The van der Waals surface area contributed by atoms with E-state index >= 15 is 0 Å². The molecule has 1 heterocycles. The zero-order chi connectivity index (χ0) is 12.5. The number of methoxy groups -OCH3 is 1. The summed E-state index contributed by atoms with van der Waals surface area (Å²) in [6.07, 6.45) is 7.21. The Hall–Kier alpha value is -0.0300. The molecule has 0 spiro atoms. The van der Waals surface area contributed by atoms with Crippen LogP contribution < -0.4 is 5.32 Å². The van der Waals surface area contributed by atoms with E-state index in [0.29, 0.717) is 0 Å². The van der Waals surface area contributed by atoms with E-state index in [2.05, 4.69) is 10.2 Å². The van der Waals surface area contributed by atoms with Crippen molar-refractivity contribution in [3.05, 3.63) is 0 Å². The van der Waals surface area contributed by atoms with Gasteiger partial charge in [-0.2, -0.15) is 0 Å². The summed E-state index contributed by atoms with van der Waals surface area (Å²) in [5, 5.41) is 3.00. The second kappa shape index (κ2) is 13.0. The minimum Gasteiger partial charge on any atom is -0.468 e. The second-order valence-corrected chi connectivity index (χ2v) is 4.76. The Kier molecular flexibility index (Phi) is 14.5. The molecule has 1 N–H and O–H groups in total. The summed E-state index contributed by atoms with van der Waals surface area (Å²) in [5.74, 6) is -0.148. The van der Waals surface area contributed by atoms with Crippen molar-refractivity contribution in [3.8, 4) is 0 Å².